The van der Waals surface area contributed by atoms with Crippen molar-refractivity contribution >= 4 is 13.1 Å². The number of unbranched alkanes of at least 4 members (excludes halogenated alkanes) is 1. The molecule has 1 heterocycles. The molecule has 0 aromatic heterocycles. The van der Waals surface area contributed by atoms with Crippen LogP contribution in [0.2, 0.25) is 6.32 Å². The van der Waals surface area contributed by atoms with E-state index in [1.54, 1.807) is 7.05 Å². The first-order chi connectivity index (χ1) is 9.50. The number of likely N-dealkylation sites (N-methyl/N-ethyl adjacent to an activating group) is 1. The van der Waals surface area contributed by atoms with Crippen LogP contribution in [0.5, 0.6) is 0 Å². The van der Waals surface area contributed by atoms with Crippen LogP contribution < -0.4 is 10.6 Å². The average Bonchev–Trinajstić information content (AvgIpc) is 2.91. The molecule has 7 heteroatoms. The lowest BCUT2D eigenvalue weighted by molar-refractivity contribution is -0.145. The fraction of sp³-hybridized carbons (Fsp3) is 0.923. The molecule has 1 fully saturated rings. The van der Waals surface area contributed by atoms with Gasteiger partial charge in [-0.05, 0) is 52.0 Å². The zero-order valence-electron chi connectivity index (χ0n) is 12.3. The molecule has 116 valence electrons. The highest BCUT2D eigenvalue weighted by Gasteiger charge is 2.36. The van der Waals surface area contributed by atoms with E-state index in [9.17, 15) is 9.90 Å². The van der Waals surface area contributed by atoms with E-state index >= 15 is 0 Å². The van der Waals surface area contributed by atoms with Gasteiger partial charge in [-0.3, -0.25) is 4.79 Å². The molecule has 5 N–H and O–H groups in total. The minimum absolute atomic E-state index is 0.295. The molecule has 1 rings (SSSR count). The van der Waals surface area contributed by atoms with E-state index in [1.165, 1.54) is 6.42 Å². The van der Waals surface area contributed by atoms with Crippen LogP contribution in [0.15, 0.2) is 0 Å². The summed E-state index contributed by atoms with van der Waals surface area (Å²) in [5.74, 6) is -0.817. The summed E-state index contributed by atoms with van der Waals surface area (Å²) in [6, 6.07) is 0.432. The van der Waals surface area contributed by atoms with Gasteiger partial charge in [0, 0.05) is 6.04 Å². The summed E-state index contributed by atoms with van der Waals surface area (Å²) in [6.07, 6.45) is 5.84. The van der Waals surface area contributed by atoms with Gasteiger partial charge in [0.05, 0.1) is 0 Å². The molecule has 1 unspecified atom stereocenters. The number of carbonyl (C=O) groups is 1. The molecular weight excluding hydrogens is 259 g/mol. The van der Waals surface area contributed by atoms with Gasteiger partial charge < -0.3 is 25.8 Å². The van der Waals surface area contributed by atoms with Crippen molar-refractivity contribution in [3.63, 3.8) is 0 Å². The van der Waals surface area contributed by atoms with Crippen molar-refractivity contribution in [3.8, 4) is 0 Å². The first kappa shape index (κ1) is 17.4. The van der Waals surface area contributed by atoms with E-state index in [1.807, 2.05) is 0 Å². The van der Waals surface area contributed by atoms with Crippen LogP contribution in [-0.2, 0) is 4.79 Å². The first-order valence-electron chi connectivity index (χ1n) is 7.52. The summed E-state index contributed by atoms with van der Waals surface area (Å²) < 4.78 is 0. The maximum absolute atomic E-state index is 11.6. The number of rotatable bonds is 10. The first-order valence-corrected chi connectivity index (χ1v) is 7.52. The van der Waals surface area contributed by atoms with Crippen LogP contribution in [-0.4, -0.2) is 53.4 Å². The molecular formula is C13H27BN2O4. The molecule has 20 heavy (non-hydrogen) atoms. The van der Waals surface area contributed by atoms with E-state index < -0.39 is 18.6 Å². The third-order valence-corrected chi connectivity index (χ3v) is 4.29. The predicted octanol–water partition coefficient (Wildman–Crippen LogP) is 0.204. The summed E-state index contributed by atoms with van der Waals surface area (Å²) in [4.78, 5) is 11.6. The van der Waals surface area contributed by atoms with Crippen molar-refractivity contribution in [2.75, 3.05) is 13.6 Å². The van der Waals surface area contributed by atoms with Gasteiger partial charge in [0.1, 0.15) is 5.54 Å². The Labute approximate surface area is 121 Å². The lowest BCUT2D eigenvalue weighted by Gasteiger charge is -2.30. The zero-order valence-corrected chi connectivity index (χ0v) is 12.3. The Morgan fingerprint density at radius 3 is 2.65 bits per heavy atom. The number of hydrogen-bond acceptors (Lipinski definition) is 5. The van der Waals surface area contributed by atoms with E-state index in [-0.39, 0.29) is 0 Å². The van der Waals surface area contributed by atoms with Gasteiger partial charge in [0.2, 0.25) is 0 Å². The Kier molecular flexibility index (Phi) is 7.51. The van der Waals surface area contributed by atoms with E-state index in [0.29, 0.717) is 38.0 Å². The Bertz CT molecular complexity index is 298. The van der Waals surface area contributed by atoms with Crippen molar-refractivity contribution in [3.05, 3.63) is 0 Å². The highest BCUT2D eigenvalue weighted by Crippen LogP contribution is 2.24. The summed E-state index contributed by atoms with van der Waals surface area (Å²) in [7, 11) is 0.392. The van der Waals surface area contributed by atoms with Crippen LogP contribution in [0.4, 0.5) is 0 Å². The molecule has 0 spiro atoms. The Morgan fingerprint density at radius 1 is 1.40 bits per heavy atom. The van der Waals surface area contributed by atoms with Gasteiger partial charge in [-0.2, -0.15) is 0 Å². The maximum atomic E-state index is 11.6. The van der Waals surface area contributed by atoms with Crippen molar-refractivity contribution in [2.24, 2.45) is 0 Å². The van der Waals surface area contributed by atoms with E-state index in [2.05, 4.69) is 10.6 Å². The van der Waals surface area contributed by atoms with Crippen molar-refractivity contribution in [2.45, 2.75) is 62.8 Å². The van der Waals surface area contributed by atoms with Gasteiger partial charge in [0.25, 0.3) is 0 Å². The second-order valence-corrected chi connectivity index (χ2v) is 5.70. The standard InChI is InChI=1S/C13H27BN2O4/c1-15-13(12(17)18,7-2-3-9-14(19)20)8-6-11-5-4-10-16-11/h11,15-16,19-20H,2-10H2,1H3,(H,17,18)/t11-,13?/m0/s1. The summed E-state index contributed by atoms with van der Waals surface area (Å²) >= 11 is 0. The number of hydrogen-bond donors (Lipinski definition) is 5. The van der Waals surface area contributed by atoms with E-state index in [0.717, 1.165) is 19.4 Å². The van der Waals surface area contributed by atoms with Crippen molar-refractivity contribution < 1.29 is 19.9 Å². The lowest BCUT2D eigenvalue weighted by Crippen LogP contribution is -2.51. The van der Waals surface area contributed by atoms with Crippen LogP contribution in [0.3, 0.4) is 0 Å². The molecule has 2 atom stereocenters. The Morgan fingerprint density at radius 2 is 2.15 bits per heavy atom. The number of nitrogens with one attached hydrogen (secondary N) is 2. The van der Waals surface area contributed by atoms with Crippen LogP contribution >= 0.6 is 0 Å². The van der Waals surface area contributed by atoms with Crippen LogP contribution in [0.25, 0.3) is 0 Å². The minimum Gasteiger partial charge on any atom is -0.480 e. The largest absolute Gasteiger partial charge is 0.480 e. The molecule has 0 bridgehead atoms. The van der Waals surface area contributed by atoms with Gasteiger partial charge in [-0.25, -0.2) is 0 Å². The van der Waals surface area contributed by atoms with Crippen molar-refractivity contribution in [1.29, 1.82) is 0 Å². The van der Waals surface area contributed by atoms with Gasteiger partial charge in [-0.1, -0.05) is 12.8 Å². The number of carboxylic acid groups (broad SMARTS) is 1. The summed E-state index contributed by atoms with van der Waals surface area (Å²) in [5.41, 5.74) is -0.898. The van der Waals surface area contributed by atoms with Gasteiger partial charge in [0.15, 0.2) is 0 Å². The molecule has 1 aliphatic rings. The normalized spacial score (nSPS) is 21.6. The van der Waals surface area contributed by atoms with Gasteiger partial charge >= 0.3 is 13.1 Å². The molecule has 6 nitrogen and oxygen atoms in total. The predicted molar refractivity (Wildman–Crippen MR) is 78.5 cm³/mol. The monoisotopic (exact) mass is 286 g/mol. The zero-order chi connectivity index (χ0) is 15.0. The minimum atomic E-state index is -1.30. The van der Waals surface area contributed by atoms with E-state index in [4.69, 9.17) is 10.0 Å². The molecule has 0 amide bonds. The second-order valence-electron chi connectivity index (χ2n) is 5.70. The molecule has 0 radical (unpaired) electrons. The SMILES string of the molecule is CNC(CCCCB(O)O)(CC[C@@H]1CCCN1)C(=O)O. The summed E-state index contributed by atoms with van der Waals surface area (Å²) in [6.45, 7) is 1.03. The third kappa shape index (κ3) is 5.40. The average molecular weight is 286 g/mol. The van der Waals surface area contributed by atoms with Crippen LogP contribution in [0.1, 0.15) is 44.9 Å². The number of carboxylic acids is 1. The fourth-order valence-electron chi connectivity index (χ4n) is 2.87. The topological polar surface area (TPSA) is 102 Å². The fourth-order valence-corrected chi connectivity index (χ4v) is 2.87. The van der Waals surface area contributed by atoms with Gasteiger partial charge in [-0.15, -0.1) is 0 Å². The second kappa shape index (κ2) is 8.62. The summed E-state index contributed by atoms with van der Waals surface area (Å²) in [5, 5.41) is 33.5. The number of aliphatic carboxylic acids is 1. The van der Waals surface area contributed by atoms with Crippen LogP contribution in [0, 0.1) is 0 Å². The molecule has 1 saturated heterocycles. The highest BCUT2D eigenvalue weighted by molar-refractivity contribution is 6.40. The van der Waals surface area contributed by atoms with Crippen molar-refractivity contribution in [1.82, 2.24) is 10.6 Å². The molecule has 0 saturated carbocycles. The molecule has 0 aromatic carbocycles. The molecule has 1 aliphatic heterocycles. The third-order valence-electron chi connectivity index (χ3n) is 4.29. The lowest BCUT2D eigenvalue weighted by atomic mass is 9.80. The Balaban J connectivity index is 2.44. The quantitative estimate of drug-likeness (QED) is 0.290. The Hall–Kier alpha value is -0.625. The molecule has 0 aromatic rings. The molecule has 0 aliphatic carbocycles. The maximum Gasteiger partial charge on any atom is 0.451 e. The smallest absolute Gasteiger partial charge is 0.451 e. The highest BCUT2D eigenvalue weighted by atomic mass is 16.4.